The van der Waals surface area contributed by atoms with Crippen LogP contribution in [0.3, 0.4) is 0 Å². The lowest BCUT2D eigenvalue weighted by molar-refractivity contribution is -0.274. The van der Waals surface area contributed by atoms with E-state index in [0.29, 0.717) is 0 Å². The van der Waals surface area contributed by atoms with Gasteiger partial charge in [0.15, 0.2) is 0 Å². The summed E-state index contributed by atoms with van der Waals surface area (Å²) in [5, 5.41) is 6.78. The van der Waals surface area contributed by atoms with Gasteiger partial charge in [-0.05, 0) is 41.0 Å². The van der Waals surface area contributed by atoms with E-state index in [1.165, 1.54) is 17.7 Å². The molecule has 4 rings (SSSR count). The van der Waals surface area contributed by atoms with E-state index in [4.69, 9.17) is 0 Å². The Morgan fingerprint density at radius 1 is 0.844 bits per heavy atom. The van der Waals surface area contributed by atoms with Crippen LogP contribution in [0.25, 0.3) is 0 Å². The Hall–Kier alpha value is -3.03. The predicted octanol–water partition coefficient (Wildman–Crippen LogP) is 5.19. The first kappa shape index (κ1) is 22.2. The lowest BCUT2D eigenvalue weighted by Gasteiger charge is -2.35. The number of benzene rings is 3. The van der Waals surface area contributed by atoms with Crippen molar-refractivity contribution in [2.45, 2.75) is 18.9 Å². The van der Waals surface area contributed by atoms with Gasteiger partial charge in [-0.25, -0.2) is 0 Å². The van der Waals surface area contributed by atoms with E-state index in [9.17, 15) is 13.2 Å². The standard InChI is InChI=1S/C25H26F3N3O/c26-25(27,28)32-23-12-8-21(9-13-23)24(31-16-14-29-15-17-31)20-6-10-22(11-7-20)30-18-19-4-2-1-3-5-19/h1-13,24,29-30H,14-18H2/t24-/m1/s1. The molecule has 2 N–H and O–H groups in total. The third-order valence-corrected chi connectivity index (χ3v) is 5.51. The van der Waals surface area contributed by atoms with Crippen molar-refractivity contribution in [3.63, 3.8) is 0 Å². The summed E-state index contributed by atoms with van der Waals surface area (Å²) in [7, 11) is 0. The maximum Gasteiger partial charge on any atom is 0.573 e. The highest BCUT2D eigenvalue weighted by molar-refractivity contribution is 5.47. The molecule has 0 unspecified atom stereocenters. The Bertz CT molecular complexity index is 970. The highest BCUT2D eigenvalue weighted by Gasteiger charge is 2.31. The van der Waals surface area contributed by atoms with Crippen LogP contribution in [0.1, 0.15) is 22.7 Å². The van der Waals surface area contributed by atoms with E-state index >= 15 is 0 Å². The van der Waals surface area contributed by atoms with E-state index in [1.807, 2.05) is 18.2 Å². The first-order valence-electron chi connectivity index (χ1n) is 10.7. The van der Waals surface area contributed by atoms with Gasteiger partial charge in [0.2, 0.25) is 0 Å². The monoisotopic (exact) mass is 441 g/mol. The fraction of sp³-hybridized carbons (Fsp3) is 0.280. The molecule has 3 aromatic carbocycles. The number of nitrogens with one attached hydrogen (secondary N) is 2. The number of anilines is 1. The smallest absolute Gasteiger partial charge is 0.406 e. The zero-order valence-electron chi connectivity index (χ0n) is 17.6. The third kappa shape index (κ3) is 6.02. The minimum absolute atomic E-state index is 0.0415. The van der Waals surface area contributed by atoms with Crippen molar-refractivity contribution in [3.05, 3.63) is 95.6 Å². The summed E-state index contributed by atoms with van der Waals surface area (Å²) in [6.07, 6.45) is -4.69. The van der Waals surface area contributed by atoms with Crippen molar-refractivity contribution < 1.29 is 17.9 Å². The summed E-state index contributed by atoms with van der Waals surface area (Å²) < 4.78 is 41.6. The van der Waals surface area contributed by atoms with E-state index in [-0.39, 0.29) is 11.8 Å². The molecule has 1 heterocycles. The summed E-state index contributed by atoms with van der Waals surface area (Å²) >= 11 is 0. The second-order valence-corrected chi connectivity index (χ2v) is 7.77. The molecule has 168 valence electrons. The lowest BCUT2D eigenvalue weighted by atomic mass is 9.96. The van der Waals surface area contributed by atoms with Crippen molar-refractivity contribution in [3.8, 4) is 5.75 Å². The zero-order valence-corrected chi connectivity index (χ0v) is 17.6. The summed E-state index contributed by atoms with van der Waals surface area (Å²) in [4.78, 5) is 2.35. The highest BCUT2D eigenvalue weighted by atomic mass is 19.4. The minimum atomic E-state index is -4.69. The maximum absolute atomic E-state index is 12.5. The van der Waals surface area contributed by atoms with E-state index in [2.05, 4.69) is 56.7 Å². The maximum atomic E-state index is 12.5. The van der Waals surface area contributed by atoms with E-state index in [0.717, 1.165) is 49.5 Å². The number of hydrogen-bond donors (Lipinski definition) is 2. The van der Waals surface area contributed by atoms with Crippen molar-refractivity contribution in [1.82, 2.24) is 10.2 Å². The van der Waals surface area contributed by atoms with Crippen LogP contribution in [-0.4, -0.2) is 37.4 Å². The van der Waals surface area contributed by atoms with Gasteiger partial charge in [0.25, 0.3) is 0 Å². The number of piperazine rings is 1. The third-order valence-electron chi connectivity index (χ3n) is 5.51. The molecule has 0 bridgehead atoms. The average molecular weight is 441 g/mol. The molecular formula is C25H26F3N3O. The largest absolute Gasteiger partial charge is 0.573 e. The summed E-state index contributed by atoms with van der Waals surface area (Å²) in [5.41, 5.74) is 4.26. The Kier molecular flexibility index (Phi) is 6.97. The van der Waals surface area contributed by atoms with Gasteiger partial charge in [-0.15, -0.1) is 13.2 Å². The molecule has 7 heteroatoms. The first-order chi connectivity index (χ1) is 15.5. The van der Waals surface area contributed by atoms with Crippen LogP contribution in [0.5, 0.6) is 5.75 Å². The Labute approximate surface area is 186 Å². The molecule has 0 aromatic heterocycles. The van der Waals surface area contributed by atoms with Crippen LogP contribution in [0, 0.1) is 0 Å². The fourth-order valence-electron chi connectivity index (χ4n) is 3.99. The minimum Gasteiger partial charge on any atom is -0.406 e. The summed E-state index contributed by atoms with van der Waals surface area (Å²) in [6, 6.07) is 24.6. The molecule has 4 nitrogen and oxygen atoms in total. The molecule has 1 atom stereocenters. The highest BCUT2D eigenvalue weighted by Crippen LogP contribution is 2.32. The number of rotatable bonds is 7. The fourth-order valence-corrected chi connectivity index (χ4v) is 3.99. The molecule has 0 saturated carbocycles. The van der Waals surface area contributed by atoms with Gasteiger partial charge in [-0.2, -0.15) is 0 Å². The van der Waals surface area contributed by atoms with Crippen LogP contribution < -0.4 is 15.4 Å². The Balaban J connectivity index is 1.52. The molecule has 0 aliphatic carbocycles. The number of hydrogen-bond acceptors (Lipinski definition) is 4. The predicted molar refractivity (Wildman–Crippen MR) is 120 cm³/mol. The molecule has 0 radical (unpaired) electrons. The van der Waals surface area contributed by atoms with Gasteiger partial charge in [0, 0.05) is 38.4 Å². The topological polar surface area (TPSA) is 36.5 Å². The molecular weight excluding hydrogens is 415 g/mol. The van der Waals surface area contributed by atoms with Gasteiger partial charge in [0.1, 0.15) is 5.75 Å². The van der Waals surface area contributed by atoms with Gasteiger partial charge in [-0.3, -0.25) is 4.90 Å². The van der Waals surface area contributed by atoms with Gasteiger partial charge in [0.05, 0.1) is 6.04 Å². The molecule has 0 amide bonds. The van der Waals surface area contributed by atoms with Crippen molar-refractivity contribution in [1.29, 1.82) is 0 Å². The van der Waals surface area contributed by atoms with E-state index in [1.54, 1.807) is 12.1 Å². The molecule has 32 heavy (non-hydrogen) atoms. The second kappa shape index (κ2) is 10.1. The van der Waals surface area contributed by atoms with Crippen LogP contribution in [0.4, 0.5) is 18.9 Å². The lowest BCUT2D eigenvalue weighted by Crippen LogP contribution is -2.45. The number of ether oxygens (including phenoxy) is 1. The van der Waals surface area contributed by atoms with Crippen LogP contribution >= 0.6 is 0 Å². The van der Waals surface area contributed by atoms with Crippen molar-refractivity contribution in [2.75, 3.05) is 31.5 Å². The molecule has 3 aromatic rings. The molecule has 1 aliphatic rings. The average Bonchev–Trinajstić information content (AvgIpc) is 2.80. The van der Waals surface area contributed by atoms with Gasteiger partial charge < -0.3 is 15.4 Å². The van der Waals surface area contributed by atoms with Crippen LogP contribution in [0.15, 0.2) is 78.9 Å². The molecule has 1 fully saturated rings. The van der Waals surface area contributed by atoms with Crippen LogP contribution in [-0.2, 0) is 6.54 Å². The number of nitrogens with zero attached hydrogens (tertiary/aromatic N) is 1. The second-order valence-electron chi connectivity index (χ2n) is 7.77. The SMILES string of the molecule is FC(F)(F)Oc1ccc([C@@H](c2ccc(NCc3ccccc3)cc2)N2CCNCC2)cc1. The Morgan fingerprint density at radius 3 is 2.03 bits per heavy atom. The summed E-state index contributed by atoms with van der Waals surface area (Å²) in [5.74, 6) is -0.208. The van der Waals surface area contributed by atoms with E-state index < -0.39 is 6.36 Å². The molecule has 1 saturated heterocycles. The first-order valence-corrected chi connectivity index (χ1v) is 10.7. The van der Waals surface area contributed by atoms with Gasteiger partial charge >= 0.3 is 6.36 Å². The molecule has 0 spiro atoms. The van der Waals surface area contributed by atoms with Gasteiger partial charge in [-0.1, -0.05) is 54.6 Å². The molecule has 1 aliphatic heterocycles. The number of halogens is 3. The van der Waals surface area contributed by atoms with Crippen molar-refractivity contribution >= 4 is 5.69 Å². The zero-order chi connectivity index (χ0) is 22.4. The normalized spacial score (nSPS) is 15.8. The van der Waals surface area contributed by atoms with Crippen LogP contribution in [0.2, 0.25) is 0 Å². The summed E-state index contributed by atoms with van der Waals surface area (Å²) in [6.45, 7) is 4.21. The Morgan fingerprint density at radius 2 is 1.44 bits per heavy atom. The number of alkyl halides is 3. The quantitative estimate of drug-likeness (QED) is 0.529. The van der Waals surface area contributed by atoms with Crippen molar-refractivity contribution in [2.24, 2.45) is 0 Å².